The molecule has 4 N–H and O–H groups in total. The first-order valence-electron chi connectivity index (χ1n) is 5.73. The van der Waals surface area contributed by atoms with Crippen LogP contribution in [0.2, 0.25) is 0 Å². The lowest BCUT2D eigenvalue weighted by Gasteiger charge is -2.15. The second-order valence-electron chi connectivity index (χ2n) is 4.27. The van der Waals surface area contributed by atoms with E-state index in [0.717, 1.165) is 12.1 Å². The summed E-state index contributed by atoms with van der Waals surface area (Å²) in [4.78, 5) is -0.871. The largest absolute Gasteiger partial charge is 0.417 e. The number of nitrogens with one attached hydrogen (secondary N) is 1. The Labute approximate surface area is 119 Å². The van der Waals surface area contributed by atoms with E-state index in [1.807, 2.05) is 4.72 Å². The predicted molar refractivity (Wildman–Crippen MR) is 69.2 cm³/mol. The molecule has 1 aromatic carbocycles. The highest BCUT2D eigenvalue weighted by atomic mass is 32.2. The summed E-state index contributed by atoms with van der Waals surface area (Å²) < 4.78 is 64.3. The Hall–Kier alpha value is -1.81. The molecule has 0 heterocycles. The molecular formula is C11H14F3N3O3S. The Kier molecular flexibility index (Phi) is 5.18. The van der Waals surface area contributed by atoms with E-state index in [0.29, 0.717) is 6.07 Å². The normalized spacial score (nSPS) is 15.0. The van der Waals surface area contributed by atoms with E-state index in [1.165, 1.54) is 13.0 Å². The molecular weight excluding hydrogens is 311 g/mol. The van der Waals surface area contributed by atoms with Crippen molar-refractivity contribution in [2.45, 2.75) is 18.0 Å². The molecule has 1 rings (SSSR count). The fourth-order valence-electron chi connectivity index (χ4n) is 1.45. The zero-order valence-electron chi connectivity index (χ0n) is 10.9. The fourth-order valence-corrected chi connectivity index (χ4v) is 2.81. The molecule has 1 aromatic rings. The maximum absolute atomic E-state index is 12.8. The van der Waals surface area contributed by atoms with Gasteiger partial charge in [-0.2, -0.15) is 13.2 Å². The third-order valence-corrected chi connectivity index (χ3v) is 4.16. The summed E-state index contributed by atoms with van der Waals surface area (Å²) >= 11 is 0. The quantitative estimate of drug-likeness (QED) is 0.329. The predicted octanol–water partition coefficient (Wildman–Crippen LogP) is 1.37. The van der Waals surface area contributed by atoms with Crippen LogP contribution in [0.15, 0.2) is 34.3 Å². The van der Waals surface area contributed by atoms with Crippen molar-refractivity contribution in [2.24, 2.45) is 16.8 Å². The number of nitrogens with zero attached hydrogens (tertiary/aromatic N) is 1. The molecule has 0 aliphatic rings. The maximum Gasteiger partial charge on any atom is 0.417 e. The van der Waals surface area contributed by atoms with E-state index < -0.39 is 32.6 Å². The zero-order valence-corrected chi connectivity index (χ0v) is 11.7. The van der Waals surface area contributed by atoms with Crippen molar-refractivity contribution in [1.82, 2.24) is 4.72 Å². The average molecular weight is 325 g/mol. The first-order chi connectivity index (χ1) is 9.59. The Morgan fingerprint density at radius 1 is 1.43 bits per heavy atom. The van der Waals surface area contributed by atoms with Gasteiger partial charge >= 0.3 is 6.18 Å². The Balaban J connectivity index is 3.05. The summed E-state index contributed by atoms with van der Waals surface area (Å²) in [5, 5.41) is 11.1. The fraction of sp³-hybridized carbons (Fsp3) is 0.364. The lowest BCUT2D eigenvalue weighted by atomic mass is 10.2. The number of nitrogens with two attached hydrogens (primary N) is 1. The van der Waals surface area contributed by atoms with E-state index >= 15 is 0 Å². The zero-order chi connectivity index (χ0) is 16.3. The first kappa shape index (κ1) is 17.2. The summed E-state index contributed by atoms with van der Waals surface area (Å²) in [5.41, 5.74) is 4.01. The van der Waals surface area contributed by atoms with Crippen LogP contribution < -0.4 is 10.5 Å². The number of oxime groups is 1. The van der Waals surface area contributed by atoms with Crippen molar-refractivity contribution in [3.63, 3.8) is 0 Å². The third-order valence-electron chi connectivity index (χ3n) is 2.68. The molecule has 118 valence electrons. The van der Waals surface area contributed by atoms with Crippen molar-refractivity contribution >= 4 is 15.9 Å². The summed E-state index contributed by atoms with van der Waals surface area (Å²) in [6.45, 7) is 1.15. The molecule has 0 saturated carbocycles. The van der Waals surface area contributed by atoms with Crippen LogP contribution in [0.4, 0.5) is 13.2 Å². The van der Waals surface area contributed by atoms with Crippen LogP contribution in [0.25, 0.3) is 0 Å². The molecule has 6 nitrogen and oxygen atoms in total. The highest BCUT2D eigenvalue weighted by Gasteiger charge is 2.36. The molecule has 1 atom stereocenters. The molecule has 0 spiro atoms. The van der Waals surface area contributed by atoms with Gasteiger partial charge in [0.25, 0.3) is 0 Å². The van der Waals surface area contributed by atoms with Gasteiger partial charge in [0.05, 0.1) is 10.5 Å². The minimum atomic E-state index is -4.79. The smallest absolute Gasteiger partial charge is 0.409 e. The second kappa shape index (κ2) is 6.31. The van der Waals surface area contributed by atoms with Crippen molar-refractivity contribution in [3.8, 4) is 0 Å². The van der Waals surface area contributed by atoms with Crippen LogP contribution in [0, 0.1) is 5.92 Å². The monoisotopic (exact) mass is 325 g/mol. The van der Waals surface area contributed by atoms with E-state index in [-0.39, 0.29) is 12.4 Å². The number of benzene rings is 1. The number of rotatable bonds is 5. The summed E-state index contributed by atoms with van der Waals surface area (Å²) in [5.74, 6) is -0.912. The third kappa shape index (κ3) is 4.33. The summed E-state index contributed by atoms with van der Waals surface area (Å²) in [6, 6.07) is 3.83. The Morgan fingerprint density at radius 2 is 2.00 bits per heavy atom. The number of halogens is 3. The van der Waals surface area contributed by atoms with Crippen molar-refractivity contribution in [2.75, 3.05) is 6.54 Å². The molecule has 1 unspecified atom stereocenters. The minimum absolute atomic E-state index is 0.234. The lowest BCUT2D eigenvalue weighted by Crippen LogP contribution is -2.35. The average Bonchev–Trinajstić information content (AvgIpc) is 2.43. The number of alkyl halides is 3. The van der Waals surface area contributed by atoms with Gasteiger partial charge in [-0.3, -0.25) is 0 Å². The number of hydrogen-bond donors (Lipinski definition) is 3. The standard InChI is InChI=1S/C11H14F3N3O3S/c1-7(10(15)17-18)6-16-21(19,20)9-5-3-2-4-8(9)11(12,13)14/h2-5,7,16,18H,6H2,1H3,(H2,15,17). The van der Waals surface area contributed by atoms with Crippen LogP contribution in [0.1, 0.15) is 12.5 Å². The highest BCUT2D eigenvalue weighted by molar-refractivity contribution is 7.89. The Bertz CT molecular complexity index is 629. The van der Waals surface area contributed by atoms with Crippen LogP contribution in [-0.4, -0.2) is 26.0 Å². The SMILES string of the molecule is CC(CNS(=O)(=O)c1ccccc1C(F)(F)F)C(N)=NO. The van der Waals surface area contributed by atoms with Gasteiger partial charge in [-0.1, -0.05) is 24.2 Å². The molecule has 10 heteroatoms. The molecule has 0 aromatic heterocycles. The molecule has 0 amide bonds. The molecule has 21 heavy (non-hydrogen) atoms. The highest BCUT2D eigenvalue weighted by Crippen LogP contribution is 2.33. The first-order valence-corrected chi connectivity index (χ1v) is 7.21. The van der Waals surface area contributed by atoms with Gasteiger partial charge in [-0.25, -0.2) is 13.1 Å². The number of amidine groups is 1. The molecule has 0 fully saturated rings. The van der Waals surface area contributed by atoms with E-state index in [1.54, 1.807) is 0 Å². The van der Waals surface area contributed by atoms with Gasteiger partial charge in [0.2, 0.25) is 10.0 Å². The van der Waals surface area contributed by atoms with Gasteiger partial charge in [0, 0.05) is 12.5 Å². The molecule has 0 saturated heterocycles. The number of hydrogen-bond acceptors (Lipinski definition) is 4. The van der Waals surface area contributed by atoms with Crippen LogP contribution in [0.5, 0.6) is 0 Å². The lowest BCUT2D eigenvalue weighted by molar-refractivity contribution is -0.139. The van der Waals surface area contributed by atoms with E-state index in [2.05, 4.69) is 5.16 Å². The molecule has 0 radical (unpaired) electrons. The van der Waals surface area contributed by atoms with Crippen LogP contribution in [0.3, 0.4) is 0 Å². The summed E-state index contributed by atoms with van der Waals surface area (Å²) in [7, 11) is -4.37. The van der Waals surface area contributed by atoms with E-state index in [9.17, 15) is 21.6 Å². The van der Waals surface area contributed by atoms with Gasteiger partial charge in [0.15, 0.2) is 0 Å². The van der Waals surface area contributed by atoms with E-state index in [4.69, 9.17) is 10.9 Å². The minimum Gasteiger partial charge on any atom is -0.409 e. The molecule has 0 aliphatic carbocycles. The van der Waals surface area contributed by atoms with Crippen molar-refractivity contribution in [1.29, 1.82) is 0 Å². The van der Waals surface area contributed by atoms with Crippen molar-refractivity contribution in [3.05, 3.63) is 29.8 Å². The van der Waals surface area contributed by atoms with Gasteiger partial charge < -0.3 is 10.9 Å². The Morgan fingerprint density at radius 3 is 2.52 bits per heavy atom. The van der Waals surface area contributed by atoms with Gasteiger partial charge in [-0.05, 0) is 12.1 Å². The van der Waals surface area contributed by atoms with Crippen molar-refractivity contribution < 1.29 is 26.8 Å². The van der Waals surface area contributed by atoms with Gasteiger partial charge in [-0.15, -0.1) is 0 Å². The second-order valence-corrected chi connectivity index (χ2v) is 6.01. The molecule has 0 bridgehead atoms. The maximum atomic E-state index is 12.8. The molecule has 0 aliphatic heterocycles. The number of sulfonamides is 1. The summed E-state index contributed by atoms with van der Waals surface area (Å²) in [6.07, 6.45) is -4.79. The topological polar surface area (TPSA) is 105 Å². The van der Waals surface area contributed by atoms with Crippen LogP contribution in [-0.2, 0) is 16.2 Å². The van der Waals surface area contributed by atoms with Gasteiger partial charge in [0.1, 0.15) is 5.84 Å². The van der Waals surface area contributed by atoms with Crippen LogP contribution >= 0.6 is 0 Å².